The zero-order valence-electron chi connectivity index (χ0n) is 8.66. The van der Waals surface area contributed by atoms with E-state index in [-0.39, 0.29) is 11.6 Å². The van der Waals surface area contributed by atoms with Crippen molar-refractivity contribution in [3.63, 3.8) is 0 Å². The fourth-order valence-electron chi connectivity index (χ4n) is 1.11. The summed E-state index contributed by atoms with van der Waals surface area (Å²) in [7, 11) is 0. The largest absolute Gasteiger partial charge is 0.352 e. The summed E-state index contributed by atoms with van der Waals surface area (Å²) in [6, 6.07) is 4.99. The number of aromatic nitrogens is 1. The third-order valence-corrected chi connectivity index (χ3v) is 1.95. The van der Waals surface area contributed by atoms with Crippen molar-refractivity contribution in [3.05, 3.63) is 29.6 Å². The monoisotopic (exact) mass is 203 g/mol. The van der Waals surface area contributed by atoms with Crippen LogP contribution in [0.25, 0.3) is 0 Å². The Kier molecular flexibility index (Phi) is 4.30. The van der Waals surface area contributed by atoms with Gasteiger partial charge in [-0.3, -0.25) is 4.79 Å². The Balaban J connectivity index is 2.62. The van der Waals surface area contributed by atoms with Crippen LogP contribution in [0.1, 0.15) is 35.8 Å². The lowest BCUT2D eigenvalue weighted by molar-refractivity contribution is 0.0953. The molecule has 1 rings (SSSR count). The molecule has 0 spiro atoms. The Morgan fingerprint density at radius 1 is 1.67 bits per heavy atom. The van der Waals surface area contributed by atoms with Gasteiger partial charge in [0.15, 0.2) is 0 Å². The SMILES string of the molecule is CCCCNC(=O)c1ccnc(C#N)c1. The summed E-state index contributed by atoms with van der Waals surface area (Å²) in [5.74, 6) is -0.151. The van der Waals surface area contributed by atoms with Crippen LogP contribution in [0.5, 0.6) is 0 Å². The summed E-state index contributed by atoms with van der Waals surface area (Å²) in [5.41, 5.74) is 0.746. The smallest absolute Gasteiger partial charge is 0.251 e. The molecule has 0 fully saturated rings. The number of hydrogen-bond donors (Lipinski definition) is 1. The van der Waals surface area contributed by atoms with E-state index in [1.807, 2.05) is 6.07 Å². The number of amides is 1. The van der Waals surface area contributed by atoms with Crippen molar-refractivity contribution in [2.45, 2.75) is 19.8 Å². The molecule has 0 unspecified atom stereocenters. The van der Waals surface area contributed by atoms with Gasteiger partial charge in [-0.2, -0.15) is 5.26 Å². The van der Waals surface area contributed by atoms with Crippen molar-refractivity contribution >= 4 is 5.91 Å². The van der Waals surface area contributed by atoms with Gasteiger partial charge >= 0.3 is 0 Å². The summed E-state index contributed by atoms with van der Waals surface area (Å²) >= 11 is 0. The Hall–Kier alpha value is -1.89. The Morgan fingerprint density at radius 2 is 2.47 bits per heavy atom. The lowest BCUT2D eigenvalue weighted by atomic mass is 10.2. The van der Waals surface area contributed by atoms with E-state index in [1.165, 1.54) is 12.3 Å². The number of nitrogens with one attached hydrogen (secondary N) is 1. The second kappa shape index (κ2) is 5.76. The highest BCUT2D eigenvalue weighted by molar-refractivity contribution is 5.94. The molecule has 0 atom stereocenters. The van der Waals surface area contributed by atoms with Crippen molar-refractivity contribution in [1.29, 1.82) is 5.26 Å². The van der Waals surface area contributed by atoms with Crippen LogP contribution in [0.2, 0.25) is 0 Å². The molecule has 0 aliphatic rings. The number of carbonyl (C=O) groups is 1. The van der Waals surface area contributed by atoms with E-state index in [2.05, 4.69) is 17.2 Å². The molecule has 0 radical (unpaired) electrons. The Labute approximate surface area is 88.9 Å². The molecule has 4 nitrogen and oxygen atoms in total. The summed E-state index contributed by atoms with van der Waals surface area (Å²) in [6.07, 6.45) is 3.47. The lowest BCUT2D eigenvalue weighted by Gasteiger charge is -2.03. The molecule has 0 aromatic carbocycles. The van der Waals surface area contributed by atoms with E-state index in [9.17, 15) is 4.79 Å². The minimum absolute atomic E-state index is 0.151. The van der Waals surface area contributed by atoms with Gasteiger partial charge in [0.1, 0.15) is 11.8 Å². The number of nitriles is 1. The molecule has 4 heteroatoms. The second-order valence-electron chi connectivity index (χ2n) is 3.15. The van der Waals surface area contributed by atoms with E-state index in [0.29, 0.717) is 12.1 Å². The first-order chi connectivity index (χ1) is 7.27. The summed E-state index contributed by atoms with van der Waals surface area (Å²) in [5, 5.41) is 11.4. The van der Waals surface area contributed by atoms with Gasteiger partial charge in [0.05, 0.1) is 0 Å². The molecule has 1 aromatic heterocycles. The van der Waals surface area contributed by atoms with Crippen molar-refractivity contribution in [2.24, 2.45) is 0 Å². The van der Waals surface area contributed by atoms with Gasteiger partial charge in [0, 0.05) is 18.3 Å². The average molecular weight is 203 g/mol. The molecule has 0 bridgehead atoms. The van der Waals surface area contributed by atoms with Crippen molar-refractivity contribution in [1.82, 2.24) is 10.3 Å². The summed E-state index contributed by atoms with van der Waals surface area (Å²) in [6.45, 7) is 2.73. The average Bonchev–Trinajstić information content (AvgIpc) is 2.29. The predicted octanol–water partition coefficient (Wildman–Crippen LogP) is 1.48. The molecule has 1 N–H and O–H groups in total. The van der Waals surface area contributed by atoms with Gasteiger partial charge in [-0.15, -0.1) is 0 Å². The first kappa shape index (κ1) is 11.2. The minimum Gasteiger partial charge on any atom is -0.352 e. The molecule has 0 saturated carbocycles. The predicted molar refractivity (Wildman–Crippen MR) is 56.2 cm³/mol. The van der Waals surface area contributed by atoms with Crippen LogP contribution in [-0.2, 0) is 0 Å². The zero-order chi connectivity index (χ0) is 11.1. The molecule has 1 heterocycles. The second-order valence-corrected chi connectivity index (χ2v) is 3.15. The third-order valence-electron chi connectivity index (χ3n) is 1.95. The van der Waals surface area contributed by atoms with Gasteiger partial charge < -0.3 is 5.32 Å². The molecule has 0 saturated heterocycles. The molecule has 1 amide bonds. The Bertz CT molecular complexity index is 382. The van der Waals surface area contributed by atoms with Crippen LogP contribution in [0.3, 0.4) is 0 Å². The molecule has 15 heavy (non-hydrogen) atoms. The summed E-state index contributed by atoms with van der Waals surface area (Å²) in [4.78, 5) is 15.3. The van der Waals surface area contributed by atoms with Gasteiger partial charge in [-0.05, 0) is 18.6 Å². The van der Waals surface area contributed by atoms with E-state index in [4.69, 9.17) is 5.26 Å². The van der Waals surface area contributed by atoms with Crippen molar-refractivity contribution in [2.75, 3.05) is 6.54 Å². The fourth-order valence-corrected chi connectivity index (χ4v) is 1.11. The quantitative estimate of drug-likeness (QED) is 0.754. The molecular weight excluding hydrogens is 190 g/mol. The number of rotatable bonds is 4. The molecule has 0 aliphatic carbocycles. The van der Waals surface area contributed by atoms with E-state index in [0.717, 1.165) is 12.8 Å². The standard InChI is InChI=1S/C11H13N3O/c1-2-3-5-14-11(15)9-4-6-13-10(7-9)8-12/h4,6-7H,2-3,5H2,1H3,(H,14,15). The van der Waals surface area contributed by atoms with Crippen LogP contribution in [0, 0.1) is 11.3 Å². The first-order valence-corrected chi connectivity index (χ1v) is 4.92. The maximum atomic E-state index is 11.5. The normalized spacial score (nSPS) is 9.33. The zero-order valence-corrected chi connectivity index (χ0v) is 8.66. The number of unbranched alkanes of at least 4 members (excludes halogenated alkanes) is 1. The molecular formula is C11H13N3O. The van der Waals surface area contributed by atoms with E-state index >= 15 is 0 Å². The van der Waals surface area contributed by atoms with Gasteiger partial charge in [0.2, 0.25) is 0 Å². The number of carbonyl (C=O) groups excluding carboxylic acids is 1. The van der Waals surface area contributed by atoms with E-state index < -0.39 is 0 Å². The summed E-state index contributed by atoms with van der Waals surface area (Å²) < 4.78 is 0. The van der Waals surface area contributed by atoms with Crippen LogP contribution >= 0.6 is 0 Å². The van der Waals surface area contributed by atoms with Crippen molar-refractivity contribution in [3.8, 4) is 6.07 Å². The maximum Gasteiger partial charge on any atom is 0.251 e. The first-order valence-electron chi connectivity index (χ1n) is 4.92. The third kappa shape index (κ3) is 3.39. The van der Waals surface area contributed by atoms with E-state index in [1.54, 1.807) is 6.07 Å². The highest BCUT2D eigenvalue weighted by atomic mass is 16.1. The van der Waals surface area contributed by atoms with Crippen LogP contribution in [0.4, 0.5) is 0 Å². The molecule has 0 aliphatic heterocycles. The van der Waals surface area contributed by atoms with Gasteiger partial charge in [-0.25, -0.2) is 4.98 Å². The Morgan fingerprint density at radius 3 is 3.13 bits per heavy atom. The topological polar surface area (TPSA) is 65.8 Å². The highest BCUT2D eigenvalue weighted by Crippen LogP contribution is 2.00. The van der Waals surface area contributed by atoms with Gasteiger partial charge in [-0.1, -0.05) is 13.3 Å². The fraction of sp³-hybridized carbons (Fsp3) is 0.364. The molecule has 78 valence electrons. The van der Waals surface area contributed by atoms with Crippen molar-refractivity contribution < 1.29 is 4.79 Å². The lowest BCUT2D eigenvalue weighted by Crippen LogP contribution is -2.24. The highest BCUT2D eigenvalue weighted by Gasteiger charge is 2.05. The molecule has 1 aromatic rings. The van der Waals surface area contributed by atoms with Crippen LogP contribution in [-0.4, -0.2) is 17.4 Å². The van der Waals surface area contributed by atoms with Crippen LogP contribution < -0.4 is 5.32 Å². The number of pyridine rings is 1. The minimum atomic E-state index is -0.151. The maximum absolute atomic E-state index is 11.5. The number of nitrogens with zero attached hydrogens (tertiary/aromatic N) is 2. The van der Waals surface area contributed by atoms with Gasteiger partial charge in [0.25, 0.3) is 5.91 Å². The number of hydrogen-bond acceptors (Lipinski definition) is 3. The van der Waals surface area contributed by atoms with Crippen LogP contribution in [0.15, 0.2) is 18.3 Å².